The summed E-state index contributed by atoms with van der Waals surface area (Å²) in [5.41, 5.74) is 6.89. The van der Waals surface area contributed by atoms with E-state index in [9.17, 15) is 4.79 Å². The summed E-state index contributed by atoms with van der Waals surface area (Å²) >= 11 is 3.40. The number of hydrogen-bond acceptors (Lipinski definition) is 3. The Morgan fingerprint density at radius 1 is 1.58 bits per heavy atom. The lowest BCUT2D eigenvalue weighted by atomic mass is 9.83. The highest BCUT2D eigenvalue weighted by Gasteiger charge is 2.40. The molecule has 0 spiro atoms. The summed E-state index contributed by atoms with van der Waals surface area (Å²) in [7, 11) is 0. The van der Waals surface area contributed by atoms with Crippen LogP contribution in [0.3, 0.4) is 0 Å². The minimum atomic E-state index is -0.0559. The maximum atomic E-state index is 12.0. The molecule has 5 heteroatoms. The van der Waals surface area contributed by atoms with Gasteiger partial charge in [0, 0.05) is 17.1 Å². The van der Waals surface area contributed by atoms with Crippen molar-refractivity contribution in [2.45, 2.75) is 38.0 Å². The molecule has 0 heterocycles. The van der Waals surface area contributed by atoms with Crippen molar-refractivity contribution in [3.8, 4) is 0 Å². The van der Waals surface area contributed by atoms with Crippen LogP contribution in [-0.2, 0) is 16.0 Å². The minimum absolute atomic E-state index is 0.00279. The highest BCUT2D eigenvalue weighted by molar-refractivity contribution is 9.10. The Labute approximate surface area is 121 Å². The van der Waals surface area contributed by atoms with Gasteiger partial charge in [0.15, 0.2) is 0 Å². The first-order valence-corrected chi connectivity index (χ1v) is 7.30. The number of nitrogens with two attached hydrogens (primary N) is 1. The van der Waals surface area contributed by atoms with E-state index in [1.165, 1.54) is 0 Å². The summed E-state index contributed by atoms with van der Waals surface area (Å²) in [6.45, 7) is 2.60. The lowest BCUT2D eigenvalue weighted by molar-refractivity contribution is -0.125. The summed E-state index contributed by atoms with van der Waals surface area (Å²) < 4.78 is 6.51. The predicted molar refractivity (Wildman–Crippen MR) is 77.8 cm³/mol. The highest BCUT2D eigenvalue weighted by Crippen LogP contribution is 2.22. The summed E-state index contributed by atoms with van der Waals surface area (Å²) in [6.07, 6.45) is 1.24. The molecule has 104 valence electrons. The molecule has 1 aromatic rings. The van der Waals surface area contributed by atoms with Crippen molar-refractivity contribution < 1.29 is 9.53 Å². The third-order valence-electron chi connectivity index (χ3n) is 3.33. The van der Waals surface area contributed by atoms with Gasteiger partial charge in [-0.1, -0.05) is 28.1 Å². The van der Waals surface area contributed by atoms with E-state index in [0.717, 1.165) is 16.5 Å². The molecule has 19 heavy (non-hydrogen) atoms. The molecule has 4 nitrogen and oxygen atoms in total. The smallest absolute Gasteiger partial charge is 0.224 e. The zero-order valence-electron chi connectivity index (χ0n) is 10.9. The Morgan fingerprint density at radius 2 is 2.37 bits per heavy atom. The summed E-state index contributed by atoms with van der Waals surface area (Å²) in [5.74, 6) is -0.0112. The van der Waals surface area contributed by atoms with Crippen molar-refractivity contribution in [2.24, 2.45) is 5.73 Å². The molecule has 2 rings (SSSR count). The van der Waals surface area contributed by atoms with Gasteiger partial charge in [0.05, 0.1) is 18.6 Å². The third-order valence-corrected chi connectivity index (χ3v) is 3.82. The molecule has 0 radical (unpaired) electrons. The van der Waals surface area contributed by atoms with E-state index < -0.39 is 0 Å². The van der Waals surface area contributed by atoms with Crippen molar-refractivity contribution in [2.75, 3.05) is 6.61 Å². The number of nitrogens with one attached hydrogen (secondary N) is 1. The zero-order chi connectivity index (χ0) is 13.8. The van der Waals surface area contributed by atoms with Gasteiger partial charge in [0.2, 0.25) is 5.91 Å². The monoisotopic (exact) mass is 326 g/mol. The minimum Gasteiger partial charge on any atom is -0.376 e. The van der Waals surface area contributed by atoms with Gasteiger partial charge in [-0.15, -0.1) is 0 Å². The number of hydrogen-bond donors (Lipinski definition) is 2. The molecule has 1 aromatic carbocycles. The van der Waals surface area contributed by atoms with Crippen LogP contribution in [0.5, 0.6) is 0 Å². The van der Waals surface area contributed by atoms with Gasteiger partial charge >= 0.3 is 0 Å². The summed E-state index contributed by atoms with van der Waals surface area (Å²) in [5, 5.41) is 2.96. The SMILES string of the molecule is CCOC1CC(N)C1NC(=O)Cc1cccc(Br)c1. The lowest BCUT2D eigenvalue weighted by Gasteiger charge is -2.42. The summed E-state index contributed by atoms with van der Waals surface area (Å²) in [4.78, 5) is 12.0. The maximum Gasteiger partial charge on any atom is 0.224 e. The van der Waals surface area contributed by atoms with Crippen molar-refractivity contribution in [1.29, 1.82) is 0 Å². The highest BCUT2D eigenvalue weighted by atomic mass is 79.9. The van der Waals surface area contributed by atoms with Crippen LogP contribution < -0.4 is 11.1 Å². The van der Waals surface area contributed by atoms with Gasteiger partial charge in [-0.2, -0.15) is 0 Å². The molecule has 1 aliphatic rings. The van der Waals surface area contributed by atoms with Crippen LogP contribution in [0.4, 0.5) is 0 Å². The molecular weight excluding hydrogens is 308 g/mol. The molecule has 3 unspecified atom stereocenters. The van der Waals surface area contributed by atoms with Gasteiger partial charge in [0.1, 0.15) is 0 Å². The Kier molecular flexibility index (Phi) is 4.96. The van der Waals surface area contributed by atoms with Gasteiger partial charge in [-0.3, -0.25) is 4.79 Å². The van der Waals surface area contributed by atoms with Crippen LogP contribution in [0.25, 0.3) is 0 Å². The van der Waals surface area contributed by atoms with Crippen LogP contribution in [-0.4, -0.2) is 30.7 Å². The van der Waals surface area contributed by atoms with E-state index in [-0.39, 0.29) is 24.1 Å². The van der Waals surface area contributed by atoms with Crippen LogP contribution in [0, 0.1) is 0 Å². The van der Waals surface area contributed by atoms with Crippen LogP contribution in [0.2, 0.25) is 0 Å². The molecule has 0 aliphatic heterocycles. The van der Waals surface area contributed by atoms with Gasteiger partial charge in [0.25, 0.3) is 0 Å². The van der Waals surface area contributed by atoms with Crippen LogP contribution in [0.1, 0.15) is 18.9 Å². The molecule has 1 aliphatic carbocycles. The largest absolute Gasteiger partial charge is 0.376 e. The Bertz CT molecular complexity index is 451. The summed E-state index contributed by atoms with van der Waals surface area (Å²) in [6, 6.07) is 7.69. The van der Waals surface area contributed by atoms with E-state index in [0.29, 0.717) is 13.0 Å². The molecule has 3 atom stereocenters. The lowest BCUT2D eigenvalue weighted by Crippen LogP contribution is -2.64. The third kappa shape index (κ3) is 3.78. The Morgan fingerprint density at radius 3 is 3.00 bits per heavy atom. The first-order chi connectivity index (χ1) is 9.10. The fourth-order valence-corrected chi connectivity index (χ4v) is 2.74. The second kappa shape index (κ2) is 6.50. The van der Waals surface area contributed by atoms with Crippen molar-refractivity contribution >= 4 is 21.8 Å². The fraction of sp³-hybridized carbons (Fsp3) is 0.500. The van der Waals surface area contributed by atoms with Crippen molar-refractivity contribution in [1.82, 2.24) is 5.32 Å². The van der Waals surface area contributed by atoms with E-state index in [4.69, 9.17) is 10.5 Å². The fourth-order valence-electron chi connectivity index (χ4n) is 2.30. The molecular formula is C14H19BrN2O2. The first kappa shape index (κ1) is 14.5. The second-order valence-electron chi connectivity index (χ2n) is 4.79. The van der Waals surface area contributed by atoms with E-state index in [1.54, 1.807) is 0 Å². The molecule has 0 saturated heterocycles. The maximum absolute atomic E-state index is 12.0. The average molecular weight is 327 g/mol. The van der Waals surface area contributed by atoms with E-state index in [2.05, 4.69) is 21.2 Å². The molecule has 0 aromatic heterocycles. The number of carbonyl (C=O) groups is 1. The predicted octanol–water partition coefficient (Wildman–Crippen LogP) is 1.61. The second-order valence-corrected chi connectivity index (χ2v) is 5.71. The van der Waals surface area contributed by atoms with E-state index >= 15 is 0 Å². The molecule has 1 fully saturated rings. The molecule has 1 saturated carbocycles. The number of ether oxygens (including phenoxy) is 1. The first-order valence-electron chi connectivity index (χ1n) is 6.51. The number of halogens is 1. The molecule has 3 N–H and O–H groups in total. The van der Waals surface area contributed by atoms with Crippen LogP contribution >= 0.6 is 15.9 Å². The number of rotatable bonds is 5. The van der Waals surface area contributed by atoms with Gasteiger partial charge in [-0.05, 0) is 31.0 Å². The van der Waals surface area contributed by atoms with Crippen molar-refractivity contribution in [3.63, 3.8) is 0 Å². The number of carbonyl (C=O) groups excluding carboxylic acids is 1. The average Bonchev–Trinajstić information content (AvgIpc) is 2.36. The van der Waals surface area contributed by atoms with Crippen LogP contribution in [0.15, 0.2) is 28.7 Å². The van der Waals surface area contributed by atoms with Gasteiger partial charge in [-0.25, -0.2) is 0 Å². The quantitative estimate of drug-likeness (QED) is 0.864. The van der Waals surface area contributed by atoms with E-state index in [1.807, 2.05) is 31.2 Å². The van der Waals surface area contributed by atoms with Crippen molar-refractivity contribution in [3.05, 3.63) is 34.3 Å². The topological polar surface area (TPSA) is 64.3 Å². The molecule has 1 amide bonds. The molecule has 0 bridgehead atoms. The van der Waals surface area contributed by atoms with Gasteiger partial charge < -0.3 is 15.8 Å². The Balaban J connectivity index is 1.87. The standard InChI is InChI=1S/C14H19BrN2O2/c1-2-19-12-8-11(16)14(12)17-13(18)7-9-4-3-5-10(15)6-9/h3-6,11-12,14H,2,7-8,16H2,1H3,(H,17,18). The zero-order valence-corrected chi connectivity index (χ0v) is 12.5. The number of benzene rings is 1. The Hall–Kier alpha value is -0.910. The number of amides is 1. The normalized spacial score (nSPS) is 25.7.